The fourth-order valence-corrected chi connectivity index (χ4v) is 3.86. The molecule has 4 nitrogen and oxygen atoms in total. The third kappa shape index (κ3) is 3.40. The number of benzene rings is 2. The van der Waals surface area contributed by atoms with Crippen molar-refractivity contribution in [2.75, 3.05) is 0 Å². The highest BCUT2D eigenvalue weighted by molar-refractivity contribution is 9.10. The summed E-state index contributed by atoms with van der Waals surface area (Å²) < 4.78 is 2.69. The van der Waals surface area contributed by atoms with Crippen molar-refractivity contribution in [2.24, 2.45) is 0 Å². The summed E-state index contributed by atoms with van der Waals surface area (Å²) in [6, 6.07) is 16.2. The third-order valence-electron chi connectivity index (χ3n) is 4.70. The van der Waals surface area contributed by atoms with E-state index in [1.807, 2.05) is 36.4 Å². The molecule has 1 N–H and O–H groups in total. The SMILES string of the molecule is CCCc1c(-c2ccccc2)nc2ccc(Br)cc2c1C(O)n1ccnc1. The number of aliphatic hydroxyl groups is 1. The largest absolute Gasteiger partial charge is 0.369 e. The first-order chi connectivity index (χ1) is 13.2. The van der Waals surface area contributed by atoms with E-state index in [2.05, 4.69) is 40.0 Å². The van der Waals surface area contributed by atoms with Crippen LogP contribution in [-0.4, -0.2) is 19.6 Å². The highest BCUT2D eigenvalue weighted by Gasteiger charge is 2.22. The van der Waals surface area contributed by atoms with E-state index in [9.17, 15) is 5.11 Å². The van der Waals surface area contributed by atoms with Gasteiger partial charge in [0.15, 0.2) is 6.23 Å². The summed E-state index contributed by atoms with van der Waals surface area (Å²) in [5, 5.41) is 12.2. The lowest BCUT2D eigenvalue weighted by Gasteiger charge is -2.22. The van der Waals surface area contributed by atoms with E-state index in [1.165, 1.54) is 0 Å². The Morgan fingerprint density at radius 1 is 1.15 bits per heavy atom. The van der Waals surface area contributed by atoms with Gasteiger partial charge >= 0.3 is 0 Å². The molecule has 0 radical (unpaired) electrons. The molecule has 0 saturated heterocycles. The van der Waals surface area contributed by atoms with Crippen molar-refractivity contribution in [3.05, 3.63) is 82.9 Å². The maximum Gasteiger partial charge on any atom is 0.158 e. The fraction of sp³-hybridized carbons (Fsp3) is 0.182. The van der Waals surface area contributed by atoms with Gasteiger partial charge in [-0.25, -0.2) is 9.97 Å². The zero-order chi connectivity index (χ0) is 18.8. The predicted molar refractivity (Wildman–Crippen MR) is 111 cm³/mol. The van der Waals surface area contributed by atoms with Crippen molar-refractivity contribution < 1.29 is 5.11 Å². The molecule has 0 spiro atoms. The van der Waals surface area contributed by atoms with Gasteiger partial charge in [-0.3, -0.25) is 0 Å². The van der Waals surface area contributed by atoms with Gasteiger partial charge in [0.2, 0.25) is 0 Å². The van der Waals surface area contributed by atoms with Gasteiger partial charge in [0.1, 0.15) is 0 Å². The van der Waals surface area contributed by atoms with E-state index in [1.54, 1.807) is 23.3 Å². The van der Waals surface area contributed by atoms with Crippen molar-refractivity contribution in [3.63, 3.8) is 0 Å². The standard InChI is InChI=1S/C22H20BrN3O/c1-2-6-17-20(22(27)26-12-11-24-14-26)18-13-16(23)9-10-19(18)25-21(17)15-7-4-3-5-8-15/h3-5,7-14,22,27H,2,6H2,1H3. The number of pyridine rings is 1. The zero-order valence-electron chi connectivity index (χ0n) is 15.0. The molecule has 0 aliphatic carbocycles. The number of nitrogens with zero attached hydrogens (tertiary/aromatic N) is 3. The Bertz CT molecular complexity index is 1060. The van der Waals surface area contributed by atoms with Gasteiger partial charge in [0.25, 0.3) is 0 Å². The Kier molecular flexibility index (Phi) is 5.05. The number of aliphatic hydroxyl groups excluding tert-OH is 1. The molecule has 1 unspecified atom stereocenters. The summed E-state index contributed by atoms with van der Waals surface area (Å²) in [6.45, 7) is 2.15. The first kappa shape index (κ1) is 17.9. The van der Waals surface area contributed by atoms with Crippen LogP contribution in [0.1, 0.15) is 30.7 Å². The molecule has 0 fully saturated rings. The Labute approximate surface area is 166 Å². The Morgan fingerprint density at radius 2 is 1.96 bits per heavy atom. The van der Waals surface area contributed by atoms with E-state index in [0.29, 0.717) is 0 Å². The highest BCUT2D eigenvalue weighted by Crippen LogP contribution is 2.36. The van der Waals surface area contributed by atoms with Crippen molar-refractivity contribution in [1.29, 1.82) is 0 Å². The predicted octanol–water partition coefficient (Wildman–Crippen LogP) is 5.35. The molecule has 0 bridgehead atoms. The normalized spacial score (nSPS) is 12.4. The van der Waals surface area contributed by atoms with Crippen molar-refractivity contribution >= 4 is 26.8 Å². The van der Waals surface area contributed by atoms with Crippen molar-refractivity contribution in [1.82, 2.24) is 14.5 Å². The van der Waals surface area contributed by atoms with Gasteiger partial charge in [-0.2, -0.15) is 0 Å². The van der Waals surface area contributed by atoms with Crippen LogP contribution < -0.4 is 0 Å². The van der Waals surface area contributed by atoms with Crippen molar-refractivity contribution in [3.8, 4) is 11.3 Å². The van der Waals surface area contributed by atoms with Crippen LogP contribution >= 0.6 is 15.9 Å². The zero-order valence-corrected chi connectivity index (χ0v) is 16.6. The number of hydrogen-bond donors (Lipinski definition) is 1. The molecule has 1 atom stereocenters. The first-order valence-electron chi connectivity index (χ1n) is 9.02. The summed E-state index contributed by atoms with van der Waals surface area (Å²) in [7, 11) is 0. The highest BCUT2D eigenvalue weighted by atomic mass is 79.9. The topological polar surface area (TPSA) is 50.9 Å². The van der Waals surface area contributed by atoms with Crippen LogP contribution in [0.15, 0.2) is 71.7 Å². The lowest BCUT2D eigenvalue weighted by Crippen LogP contribution is -2.13. The minimum absolute atomic E-state index is 0.823. The Morgan fingerprint density at radius 3 is 2.67 bits per heavy atom. The quantitative estimate of drug-likeness (QED) is 0.472. The molecular formula is C22H20BrN3O. The minimum atomic E-state index is -0.823. The maximum absolute atomic E-state index is 11.2. The van der Waals surface area contributed by atoms with E-state index in [-0.39, 0.29) is 0 Å². The van der Waals surface area contributed by atoms with Gasteiger partial charge in [-0.1, -0.05) is 59.6 Å². The summed E-state index contributed by atoms with van der Waals surface area (Å²) in [5.74, 6) is 0. The van der Waals surface area contributed by atoms with Crippen LogP contribution in [0.3, 0.4) is 0 Å². The van der Waals surface area contributed by atoms with E-state index < -0.39 is 6.23 Å². The number of aromatic nitrogens is 3. The van der Waals surface area contributed by atoms with Crippen LogP contribution in [-0.2, 0) is 6.42 Å². The number of hydrogen-bond acceptors (Lipinski definition) is 3. The molecule has 4 rings (SSSR count). The molecule has 0 amide bonds. The average Bonchev–Trinajstić information content (AvgIpc) is 3.23. The Hall–Kier alpha value is -2.50. The lowest BCUT2D eigenvalue weighted by molar-refractivity contribution is 0.146. The van der Waals surface area contributed by atoms with Crippen LogP contribution in [0.25, 0.3) is 22.2 Å². The molecular weight excluding hydrogens is 402 g/mol. The molecule has 5 heteroatoms. The maximum atomic E-state index is 11.2. The van der Waals surface area contributed by atoms with Crippen LogP contribution in [0.5, 0.6) is 0 Å². The second-order valence-corrected chi connectivity index (χ2v) is 7.43. The second-order valence-electron chi connectivity index (χ2n) is 6.51. The number of halogens is 1. The van der Waals surface area contributed by atoms with E-state index in [4.69, 9.17) is 4.98 Å². The summed E-state index contributed by atoms with van der Waals surface area (Å²) in [6.07, 6.45) is 6.09. The van der Waals surface area contributed by atoms with Gasteiger partial charge in [0, 0.05) is 33.4 Å². The smallest absolute Gasteiger partial charge is 0.158 e. The van der Waals surface area contributed by atoms with Crippen LogP contribution in [0, 0.1) is 0 Å². The molecule has 136 valence electrons. The number of fused-ring (bicyclic) bond motifs is 1. The summed E-state index contributed by atoms with van der Waals surface area (Å²) in [4.78, 5) is 9.07. The Balaban J connectivity index is 2.07. The summed E-state index contributed by atoms with van der Waals surface area (Å²) in [5.41, 5.74) is 4.83. The number of imidazole rings is 1. The first-order valence-corrected chi connectivity index (χ1v) is 9.81. The molecule has 2 heterocycles. The summed E-state index contributed by atoms with van der Waals surface area (Å²) >= 11 is 3.56. The monoisotopic (exact) mass is 421 g/mol. The fourth-order valence-electron chi connectivity index (χ4n) is 3.50. The van der Waals surface area contributed by atoms with Crippen LogP contribution in [0.2, 0.25) is 0 Å². The van der Waals surface area contributed by atoms with Gasteiger partial charge in [0.05, 0.1) is 17.5 Å². The molecule has 0 saturated carbocycles. The van der Waals surface area contributed by atoms with Gasteiger partial charge in [-0.05, 0) is 30.2 Å². The van der Waals surface area contributed by atoms with Gasteiger partial charge in [-0.15, -0.1) is 0 Å². The van der Waals surface area contributed by atoms with Gasteiger partial charge < -0.3 is 9.67 Å². The third-order valence-corrected chi connectivity index (χ3v) is 5.20. The lowest BCUT2D eigenvalue weighted by atomic mass is 9.93. The van der Waals surface area contributed by atoms with E-state index >= 15 is 0 Å². The molecule has 27 heavy (non-hydrogen) atoms. The minimum Gasteiger partial charge on any atom is -0.369 e. The molecule has 0 aliphatic heterocycles. The average molecular weight is 422 g/mol. The second kappa shape index (κ2) is 7.62. The molecule has 0 aliphatic rings. The van der Waals surface area contributed by atoms with Crippen LogP contribution in [0.4, 0.5) is 0 Å². The van der Waals surface area contributed by atoms with E-state index in [0.717, 1.165) is 50.6 Å². The van der Waals surface area contributed by atoms with Crippen molar-refractivity contribution in [2.45, 2.75) is 26.0 Å². The molecule has 4 aromatic rings. The number of rotatable bonds is 5. The molecule has 2 aromatic carbocycles. The molecule has 2 aromatic heterocycles.